The Balaban J connectivity index is 1.69. The molecular formula is C20H31N3O2. The van der Waals surface area contributed by atoms with Gasteiger partial charge in [-0.3, -0.25) is 0 Å². The molecule has 1 aromatic rings. The Labute approximate surface area is 151 Å². The van der Waals surface area contributed by atoms with E-state index in [2.05, 4.69) is 17.0 Å². The number of hydrogen-bond donors (Lipinski definition) is 0. The first-order valence-electron chi connectivity index (χ1n) is 9.64. The summed E-state index contributed by atoms with van der Waals surface area (Å²) < 4.78 is 5.56. The van der Waals surface area contributed by atoms with Crippen LogP contribution in [0.5, 0.6) is 0 Å². The van der Waals surface area contributed by atoms with Gasteiger partial charge in [-0.2, -0.15) is 0 Å². The molecule has 1 aromatic heterocycles. The minimum Gasteiger partial charge on any atom is -0.444 e. The van der Waals surface area contributed by atoms with Crippen LogP contribution in [0.3, 0.4) is 0 Å². The minimum absolute atomic E-state index is 0.0838. The van der Waals surface area contributed by atoms with Gasteiger partial charge < -0.3 is 14.5 Å². The Morgan fingerprint density at radius 3 is 2.40 bits per heavy atom. The van der Waals surface area contributed by atoms with Crippen LogP contribution < -0.4 is 4.90 Å². The first-order chi connectivity index (χ1) is 11.9. The Hall–Kier alpha value is -1.78. The van der Waals surface area contributed by atoms with Gasteiger partial charge in [0.1, 0.15) is 11.4 Å². The van der Waals surface area contributed by atoms with E-state index in [0.717, 1.165) is 43.9 Å². The van der Waals surface area contributed by atoms with Crippen molar-refractivity contribution in [1.29, 1.82) is 0 Å². The van der Waals surface area contributed by atoms with Gasteiger partial charge in [0.2, 0.25) is 0 Å². The second-order valence-corrected chi connectivity index (χ2v) is 8.18. The van der Waals surface area contributed by atoms with Crippen LogP contribution in [0.15, 0.2) is 18.3 Å². The van der Waals surface area contributed by atoms with E-state index in [-0.39, 0.29) is 12.1 Å². The van der Waals surface area contributed by atoms with E-state index < -0.39 is 5.60 Å². The molecule has 1 amide bonds. The van der Waals surface area contributed by atoms with Crippen molar-refractivity contribution < 1.29 is 9.53 Å². The number of rotatable bonds is 2. The third kappa shape index (κ3) is 4.65. The van der Waals surface area contributed by atoms with E-state index in [1.165, 1.54) is 25.7 Å². The molecule has 1 atom stereocenters. The highest BCUT2D eigenvalue weighted by atomic mass is 16.6. The van der Waals surface area contributed by atoms with E-state index in [1.54, 1.807) is 0 Å². The van der Waals surface area contributed by atoms with Crippen LogP contribution in [0, 0.1) is 0 Å². The molecule has 5 heteroatoms. The van der Waals surface area contributed by atoms with Gasteiger partial charge in [-0.1, -0.05) is 18.9 Å². The van der Waals surface area contributed by atoms with Crippen LogP contribution in [0.1, 0.15) is 70.9 Å². The molecule has 2 saturated heterocycles. The maximum Gasteiger partial charge on any atom is 0.410 e. The standard InChI is InChI=1S/C20H31N3O2/c1-20(2,3)25-19(24)23-14-8-9-17(23)16-10-11-18(21-15-16)22-12-6-4-5-7-13-22/h10-11,15,17H,4-9,12-14H2,1-3H3/t17-/m1/s1. The van der Waals surface area contributed by atoms with Gasteiger partial charge in [0.05, 0.1) is 6.04 Å². The minimum atomic E-state index is -0.459. The van der Waals surface area contributed by atoms with E-state index in [4.69, 9.17) is 9.72 Å². The summed E-state index contributed by atoms with van der Waals surface area (Å²) in [4.78, 5) is 21.4. The predicted molar refractivity (Wildman–Crippen MR) is 99.8 cm³/mol. The molecule has 0 saturated carbocycles. The zero-order valence-electron chi connectivity index (χ0n) is 15.8. The van der Waals surface area contributed by atoms with E-state index in [0.29, 0.717) is 0 Å². The molecule has 0 N–H and O–H groups in total. The van der Waals surface area contributed by atoms with Crippen molar-refractivity contribution in [1.82, 2.24) is 9.88 Å². The molecule has 3 heterocycles. The molecule has 0 radical (unpaired) electrons. The summed E-state index contributed by atoms with van der Waals surface area (Å²) in [6.45, 7) is 8.68. The number of aromatic nitrogens is 1. The van der Waals surface area contributed by atoms with E-state index in [9.17, 15) is 4.79 Å². The lowest BCUT2D eigenvalue weighted by atomic mass is 10.1. The molecule has 0 bridgehead atoms. The number of nitrogens with zero attached hydrogens (tertiary/aromatic N) is 3. The Kier molecular flexibility index (Phi) is 5.50. The van der Waals surface area contributed by atoms with Crippen molar-refractivity contribution in [3.05, 3.63) is 23.9 Å². The van der Waals surface area contributed by atoms with Crippen molar-refractivity contribution >= 4 is 11.9 Å². The summed E-state index contributed by atoms with van der Waals surface area (Å²) in [6, 6.07) is 4.34. The number of pyridine rings is 1. The first kappa shape index (κ1) is 18.0. The third-order valence-corrected chi connectivity index (χ3v) is 4.97. The average molecular weight is 345 g/mol. The molecular weight excluding hydrogens is 314 g/mol. The van der Waals surface area contributed by atoms with Gasteiger partial charge in [-0.15, -0.1) is 0 Å². The molecule has 2 fully saturated rings. The summed E-state index contributed by atoms with van der Waals surface area (Å²) >= 11 is 0. The fourth-order valence-electron chi connectivity index (χ4n) is 3.73. The summed E-state index contributed by atoms with van der Waals surface area (Å²) in [5, 5.41) is 0. The number of carbonyl (C=O) groups excluding carboxylic acids is 1. The van der Waals surface area contributed by atoms with Crippen LogP contribution >= 0.6 is 0 Å². The maximum atomic E-state index is 12.5. The Morgan fingerprint density at radius 1 is 1.08 bits per heavy atom. The predicted octanol–water partition coefficient (Wildman–Crippen LogP) is 4.53. The second kappa shape index (κ2) is 7.63. The first-order valence-corrected chi connectivity index (χ1v) is 9.64. The number of carbonyl (C=O) groups is 1. The van der Waals surface area contributed by atoms with Gasteiger partial charge in [-0.05, 0) is 58.1 Å². The fourth-order valence-corrected chi connectivity index (χ4v) is 3.73. The van der Waals surface area contributed by atoms with Crippen LogP contribution in [0.4, 0.5) is 10.6 Å². The number of amides is 1. The van der Waals surface area contributed by atoms with E-state index >= 15 is 0 Å². The molecule has 0 unspecified atom stereocenters. The number of likely N-dealkylation sites (tertiary alicyclic amines) is 1. The number of hydrogen-bond acceptors (Lipinski definition) is 4. The summed E-state index contributed by atoms with van der Waals surface area (Å²) in [7, 11) is 0. The lowest BCUT2D eigenvalue weighted by Gasteiger charge is -2.29. The number of anilines is 1. The third-order valence-electron chi connectivity index (χ3n) is 4.97. The van der Waals surface area contributed by atoms with Crippen LogP contribution in [0.2, 0.25) is 0 Å². The summed E-state index contributed by atoms with van der Waals surface area (Å²) in [5.74, 6) is 1.06. The monoisotopic (exact) mass is 345 g/mol. The summed E-state index contributed by atoms with van der Waals surface area (Å²) in [6.07, 6.45) is 8.86. The average Bonchev–Trinajstić information content (AvgIpc) is 2.89. The van der Waals surface area contributed by atoms with Crippen molar-refractivity contribution in [2.75, 3.05) is 24.5 Å². The Bertz CT molecular complexity index is 572. The highest BCUT2D eigenvalue weighted by Gasteiger charge is 2.33. The molecule has 138 valence electrons. The highest BCUT2D eigenvalue weighted by molar-refractivity contribution is 5.69. The molecule has 3 rings (SSSR count). The zero-order valence-corrected chi connectivity index (χ0v) is 15.8. The van der Waals surface area contributed by atoms with Crippen LogP contribution in [0.25, 0.3) is 0 Å². The lowest BCUT2D eigenvalue weighted by Crippen LogP contribution is -2.36. The molecule has 0 aliphatic carbocycles. The largest absolute Gasteiger partial charge is 0.444 e. The van der Waals surface area contributed by atoms with Gasteiger partial charge in [0.25, 0.3) is 0 Å². The van der Waals surface area contributed by atoms with Gasteiger partial charge >= 0.3 is 6.09 Å². The van der Waals surface area contributed by atoms with Crippen molar-refractivity contribution in [2.24, 2.45) is 0 Å². The quantitative estimate of drug-likeness (QED) is 0.790. The SMILES string of the molecule is CC(C)(C)OC(=O)N1CCC[C@@H]1c1ccc(N2CCCCCC2)nc1. The fraction of sp³-hybridized carbons (Fsp3) is 0.700. The van der Waals surface area contributed by atoms with Crippen LogP contribution in [-0.2, 0) is 4.74 Å². The van der Waals surface area contributed by atoms with E-state index in [1.807, 2.05) is 31.9 Å². The van der Waals surface area contributed by atoms with Crippen LogP contribution in [-0.4, -0.2) is 41.2 Å². The molecule has 2 aliphatic heterocycles. The van der Waals surface area contributed by atoms with Crippen molar-refractivity contribution in [3.8, 4) is 0 Å². The molecule has 2 aliphatic rings. The Morgan fingerprint density at radius 2 is 1.80 bits per heavy atom. The lowest BCUT2D eigenvalue weighted by molar-refractivity contribution is 0.0224. The van der Waals surface area contributed by atoms with Crippen molar-refractivity contribution in [3.63, 3.8) is 0 Å². The second-order valence-electron chi connectivity index (χ2n) is 8.18. The molecule has 25 heavy (non-hydrogen) atoms. The van der Waals surface area contributed by atoms with Crippen molar-refractivity contribution in [2.45, 2.75) is 70.9 Å². The smallest absolute Gasteiger partial charge is 0.410 e. The maximum absolute atomic E-state index is 12.5. The number of ether oxygens (including phenoxy) is 1. The van der Waals surface area contributed by atoms with Gasteiger partial charge in [-0.25, -0.2) is 9.78 Å². The normalized spacial score (nSPS) is 22.0. The molecule has 5 nitrogen and oxygen atoms in total. The molecule has 0 spiro atoms. The zero-order chi connectivity index (χ0) is 17.9. The molecule has 0 aromatic carbocycles. The topological polar surface area (TPSA) is 45.7 Å². The highest BCUT2D eigenvalue weighted by Crippen LogP contribution is 2.33. The van der Waals surface area contributed by atoms with Gasteiger partial charge in [0.15, 0.2) is 0 Å². The van der Waals surface area contributed by atoms with Gasteiger partial charge in [0, 0.05) is 25.8 Å². The summed E-state index contributed by atoms with van der Waals surface area (Å²) in [5.41, 5.74) is 0.654.